The second-order valence-corrected chi connectivity index (χ2v) is 10.6. The Kier molecular flexibility index (Phi) is 7.55. The standard InChI is InChI=1S/C22H34N4O2S/c1-3-4-14-29(27,28)26-16-19-8-9-20(17-26)22(19)25(2)13-5-12-24-21-10-6-18(15-23)7-11-21/h6-7,10-11,19-20,22,24H,3-5,8-9,12-14,16-17H2,1-2H3. The maximum Gasteiger partial charge on any atom is 0.214 e. The van der Waals surface area contributed by atoms with Crippen molar-refractivity contribution in [2.24, 2.45) is 11.8 Å². The number of nitriles is 1. The Balaban J connectivity index is 1.46. The van der Waals surface area contributed by atoms with Gasteiger partial charge in [0.05, 0.1) is 17.4 Å². The Morgan fingerprint density at radius 3 is 2.41 bits per heavy atom. The van der Waals surface area contributed by atoms with Crippen LogP contribution in [0.1, 0.15) is 44.6 Å². The van der Waals surface area contributed by atoms with E-state index in [1.807, 2.05) is 31.2 Å². The fourth-order valence-corrected chi connectivity index (χ4v) is 6.68. The highest BCUT2D eigenvalue weighted by molar-refractivity contribution is 7.89. The summed E-state index contributed by atoms with van der Waals surface area (Å²) in [5, 5.41) is 12.3. The zero-order chi connectivity index (χ0) is 20.9. The molecule has 1 aromatic rings. The second kappa shape index (κ2) is 9.92. The molecule has 0 spiro atoms. The van der Waals surface area contributed by atoms with E-state index in [-0.39, 0.29) is 0 Å². The summed E-state index contributed by atoms with van der Waals surface area (Å²) in [5.74, 6) is 1.22. The van der Waals surface area contributed by atoms with Crippen molar-refractivity contribution in [1.29, 1.82) is 5.26 Å². The second-order valence-electron chi connectivity index (χ2n) is 8.52. The first-order valence-corrected chi connectivity index (χ1v) is 12.5. The normalized spacial score (nSPS) is 24.6. The van der Waals surface area contributed by atoms with Crippen molar-refractivity contribution in [2.75, 3.05) is 44.3 Å². The maximum atomic E-state index is 12.6. The summed E-state index contributed by atoms with van der Waals surface area (Å²) >= 11 is 0. The zero-order valence-corrected chi connectivity index (χ0v) is 18.5. The number of hydrogen-bond donors (Lipinski definition) is 1. The Morgan fingerprint density at radius 2 is 1.83 bits per heavy atom. The lowest BCUT2D eigenvalue weighted by Crippen LogP contribution is -2.53. The number of benzene rings is 1. The van der Waals surface area contributed by atoms with E-state index in [1.54, 1.807) is 4.31 Å². The molecule has 2 bridgehead atoms. The molecule has 1 aromatic carbocycles. The van der Waals surface area contributed by atoms with E-state index in [1.165, 1.54) is 0 Å². The van der Waals surface area contributed by atoms with Gasteiger partial charge in [-0.1, -0.05) is 13.3 Å². The maximum absolute atomic E-state index is 12.6. The molecule has 2 aliphatic rings. The molecule has 1 aliphatic carbocycles. The van der Waals surface area contributed by atoms with Gasteiger partial charge in [0.2, 0.25) is 10.0 Å². The van der Waals surface area contributed by atoms with Gasteiger partial charge in [0.15, 0.2) is 0 Å². The molecule has 1 N–H and O–H groups in total. The molecule has 6 nitrogen and oxygen atoms in total. The number of unbranched alkanes of at least 4 members (excludes halogenated alkanes) is 1. The van der Waals surface area contributed by atoms with Crippen LogP contribution < -0.4 is 5.32 Å². The van der Waals surface area contributed by atoms with Crippen LogP contribution in [0, 0.1) is 23.2 Å². The number of piperidine rings is 1. The van der Waals surface area contributed by atoms with Gasteiger partial charge in [-0.3, -0.25) is 0 Å². The molecule has 29 heavy (non-hydrogen) atoms. The van der Waals surface area contributed by atoms with Crippen LogP contribution in [0.15, 0.2) is 24.3 Å². The molecule has 0 amide bonds. The Bertz CT molecular complexity index is 789. The summed E-state index contributed by atoms with van der Waals surface area (Å²) in [6.45, 7) is 5.32. The summed E-state index contributed by atoms with van der Waals surface area (Å²) < 4.78 is 27.0. The molecule has 0 aromatic heterocycles. The van der Waals surface area contributed by atoms with Crippen molar-refractivity contribution >= 4 is 15.7 Å². The van der Waals surface area contributed by atoms with Gasteiger partial charge in [0.1, 0.15) is 0 Å². The van der Waals surface area contributed by atoms with Crippen molar-refractivity contribution in [2.45, 2.75) is 45.1 Å². The lowest BCUT2D eigenvalue weighted by atomic mass is 9.92. The minimum atomic E-state index is -3.09. The molecular weight excluding hydrogens is 384 g/mol. The van der Waals surface area contributed by atoms with E-state index in [0.29, 0.717) is 42.3 Å². The Morgan fingerprint density at radius 1 is 1.17 bits per heavy atom. The predicted molar refractivity (Wildman–Crippen MR) is 117 cm³/mol. The summed E-state index contributed by atoms with van der Waals surface area (Å²) in [6.07, 6.45) is 4.99. The lowest BCUT2D eigenvalue weighted by Gasteiger charge is -2.42. The van der Waals surface area contributed by atoms with E-state index >= 15 is 0 Å². The largest absolute Gasteiger partial charge is 0.385 e. The zero-order valence-electron chi connectivity index (χ0n) is 17.7. The van der Waals surface area contributed by atoms with Gasteiger partial charge in [-0.2, -0.15) is 5.26 Å². The first-order valence-electron chi connectivity index (χ1n) is 10.9. The van der Waals surface area contributed by atoms with Crippen LogP contribution in [-0.4, -0.2) is 62.6 Å². The van der Waals surface area contributed by atoms with Crippen molar-refractivity contribution < 1.29 is 8.42 Å². The summed E-state index contributed by atoms with van der Waals surface area (Å²) in [5.41, 5.74) is 1.71. The minimum Gasteiger partial charge on any atom is -0.385 e. The SMILES string of the molecule is CCCCS(=O)(=O)N1CC2CCC(C1)C2N(C)CCCNc1ccc(C#N)cc1. The lowest BCUT2D eigenvalue weighted by molar-refractivity contribution is 0.0980. The van der Waals surface area contributed by atoms with Crippen LogP contribution in [0.25, 0.3) is 0 Å². The number of sulfonamides is 1. The highest BCUT2D eigenvalue weighted by Gasteiger charge is 2.46. The first-order chi connectivity index (χ1) is 13.9. The number of nitrogens with zero attached hydrogens (tertiary/aromatic N) is 3. The van der Waals surface area contributed by atoms with Gasteiger partial charge in [-0.25, -0.2) is 12.7 Å². The van der Waals surface area contributed by atoms with Gasteiger partial charge in [-0.15, -0.1) is 0 Å². The summed E-state index contributed by atoms with van der Waals surface area (Å²) in [6, 6.07) is 10.2. The van der Waals surface area contributed by atoms with Crippen LogP contribution in [0.4, 0.5) is 5.69 Å². The van der Waals surface area contributed by atoms with E-state index in [4.69, 9.17) is 5.26 Å². The molecule has 3 rings (SSSR count). The van der Waals surface area contributed by atoms with Crippen molar-refractivity contribution in [1.82, 2.24) is 9.21 Å². The average Bonchev–Trinajstić information content (AvgIpc) is 2.99. The molecule has 2 atom stereocenters. The first kappa shape index (κ1) is 22.1. The molecule has 0 radical (unpaired) electrons. The van der Waals surface area contributed by atoms with E-state index in [9.17, 15) is 8.42 Å². The number of anilines is 1. The highest BCUT2D eigenvalue weighted by Crippen LogP contribution is 2.40. The van der Waals surface area contributed by atoms with Crippen LogP contribution >= 0.6 is 0 Å². The molecule has 1 saturated carbocycles. The number of fused-ring (bicyclic) bond motifs is 2. The number of rotatable bonds is 10. The Hall–Kier alpha value is -1.62. The molecule has 2 unspecified atom stereocenters. The van der Waals surface area contributed by atoms with E-state index in [0.717, 1.165) is 50.9 Å². The van der Waals surface area contributed by atoms with Crippen molar-refractivity contribution in [3.05, 3.63) is 29.8 Å². The van der Waals surface area contributed by atoms with Crippen molar-refractivity contribution in [3.8, 4) is 6.07 Å². The topological polar surface area (TPSA) is 76.4 Å². The van der Waals surface area contributed by atoms with Gasteiger partial charge >= 0.3 is 0 Å². The molecule has 2 fully saturated rings. The van der Waals surface area contributed by atoms with Crippen LogP contribution in [0.3, 0.4) is 0 Å². The third kappa shape index (κ3) is 5.50. The van der Waals surface area contributed by atoms with Gasteiger partial charge < -0.3 is 10.2 Å². The average molecular weight is 419 g/mol. The fourth-order valence-electron chi connectivity index (χ4n) is 4.93. The van der Waals surface area contributed by atoms with E-state index < -0.39 is 10.0 Å². The van der Waals surface area contributed by atoms with Crippen LogP contribution in [0.2, 0.25) is 0 Å². The third-order valence-electron chi connectivity index (χ3n) is 6.44. The third-order valence-corrected chi connectivity index (χ3v) is 8.33. The Labute approximate surface area is 175 Å². The smallest absolute Gasteiger partial charge is 0.214 e. The molecule has 1 aliphatic heterocycles. The highest BCUT2D eigenvalue weighted by atomic mass is 32.2. The number of hydrogen-bond acceptors (Lipinski definition) is 5. The molecule has 1 saturated heterocycles. The summed E-state index contributed by atoms with van der Waals surface area (Å²) in [7, 11) is -0.899. The van der Waals surface area contributed by atoms with Crippen LogP contribution in [-0.2, 0) is 10.0 Å². The molecule has 7 heteroatoms. The van der Waals surface area contributed by atoms with Crippen LogP contribution in [0.5, 0.6) is 0 Å². The van der Waals surface area contributed by atoms with Gasteiger partial charge in [-0.05, 0) is 75.4 Å². The summed E-state index contributed by atoms with van der Waals surface area (Å²) in [4.78, 5) is 2.46. The van der Waals surface area contributed by atoms with E-state index in [2.05, 4.69) is 23.3 Å². The minimum absolute atomic E-state index is 0.296. The molecular formula is C22H34N4O2S. The molecule has 1 heterocycles. The monoisotopic (exact) mass is 418 g/mol. The van der Waals surface area contributed by atoms with Crippen molar-refractivity contribution in [3.63, 3.8) is 0 Å². The predicted octanol–water partition coefficient (Wildman–Crippen LogP) is 3.13. The molecule has 160 valence electrons. The quantitative estimate of drug-likeness (QED) is 0.591. The van der Waals surface area contributed by atoms with Gasteiger partial charge in [0, 0.05) is 31.4 Å². The number of nitrogens with one attached hydrogen (secondary N) is 1. The van der Waals surface area contributed by atoms with Gasteiger partial charge in [0.25, 0.3) is 0 Å². The fraction of sp³-hybridized carbons (Fsp3) is 0.682.